The first-order valence-electron chi connectivity index (χ1n) is 4.10. The molecule has 1 aromatic rings. The molecule has 0 amide bonds. The van der Waals surface area contributed by atoms with E-state index in [1.165, 1.54) is 0 Å². The van der Waals surface area contributed by atoms with Crippen molar-refractivity contribution in [2.45, 2.75) is 12.0 Å². The summed E-state index contributed by atoms with van der Waals surface area (Å²) >= 11 is 0. The van der Waals surface area contributed by atoms with Crippen LogP contribution in [0.25, 0.3) is 0 Å². The lowest BCUT2D eigenvalue weighted by Gasteiger charge is -2.14. The van der Waals surface area contributed by atoms with Gasteiger partial charge in [0.05, 0.1) is 5.56 Å². The van der Waals surface area contributed by atoms with Crippen LogP contribution in [0.4, 0.5) is 13.2 Å². The Morgan fingerprint density at radius 3 is 1.94 bits per heavy atom. The molecule has 1 atom stereocenters. The molecule has 0 unspecified atom stereocenters. The molecule has 0 saturated heterocycles. The first kappa shape index (κ1) is 13.2. The summed E-state index contributed by atoms with van der Waals surface area (Å²) in [6.45, 7) is 0. The first-order chi connectivity index (χ1) is 7.12. The van der Waals surface area contributed by atoms with Crippen molar-refractivity contribution in [1.82, 2.24) is 0 Å². The predicted octanol–water partition coefficient (Wildman–Crippen LogP) is 1.84. The maximum Gasteiger partial charge on any atom is 0.416 e. The highest BCUT2D eigenvalue weighted by Crippen LogP contribution is 2.48. The second-order valence-electron chi connectivity index (χ2n) is 3.15. The van der Waals surface area contributed by atoms with E-state index >= 15 is 0 Å². The fourth-order valence-corrected chi connectivity index (χ4v) is 1.62. The minimum absolute atomic E-state index is 0.0404. The largest absolute Gasteiger partial charge is 0.416 e. The predicted molar refractivity (Wildman–Crippen MR) is 50.4 cm³/mol. The SMILES string of the molecule is N[C@@H](c1ccc(C(F)(F)F)cc1)P(=O)(O)O. The Kier molecular flexibility index (Phi) is 3.44. The smallest absolute Gasteiger partial charge is 0.323 e. The van der Waals surface area contributed by atoms with Gasteiger partial charge in [0.2, 0.25) is 0 Å². The van der Waals surface area contributed by atoms with Crippen molar-refractivity contribution >= 4 is 7.60 Å². The van der Waals surface area contributed by atoms with Gasteiger partial charge in [-0.1, -0.05) is 12.1 Å². The van der Waals surface area contributed by atoms with Gasteiger partial charge in [0.25, 0.3) is 0 Å². The molecule has 1 aromatic carbocycles. The summed E-state index contributed by atoms with van der Waals surface area (Å²) in [5, 5.41) is 0. The first-order valence-corrected chi connectivity index (χ1v) is 5.78. The molecule has 0 fully saturated rings. The number of rotatable bonds is 2. The van der Waals surface area contributed by atoms with E-state index in [1.54, 1.807) is 0 Å². The van der Waals surface area contributed by atoms with Crippen molar-refractivity contribution in [1.29, 1.82) is 0 Å². The molecule has 0 aromatic heterocycles. The normalized spacial score (nSPS) is 14.9. The molecule has 0 heterocycles. The molecular formula is C8H9F3NO3P. The fraction of sp³-hybridized carbons (Fsp3) is 0.250. The average Bonchev–Trinajstić information content (AvgIpc) is 2.14. The second-order valence-corrected chi connectivity index (χ2v) is 4.89. The molecule has 4 N–H and O–H groups in total. The minimum Gasteiger partial charge on any atom is -0.323 e. The van der Waals surface area contributed by atoms with E-state index in [-0.39, 0.29) is 5.56 Å². The zero-order chi connectivity index (χ0) is 12.6. The lowest BCUT2D eigenvalue weighted by Crippen LogP contribution is -2.11. The zero-order valence-electron chi connectivity index (χ0n) is 7.85. The van der Waals surface area contributed by atoms with Crippen LogP contribution in [0.2, 0.25) is 0 Å². The molecule has 0 aliphatic carbocycles. The van der Waals surface area contributed by atoms with Crippen molar-refractivity contribution < 1.29 is 27.5 Å². The van der Waals surface area contributed by atoms with E-state index in [9.17, 15) is 17.7 Å². The van der Waals surface area contributed by atoms with E-state index in [2.05, 4.69) is 0 Å². The van der Waals surface area contributed by atoms with Crippen LogP contribution in [0.15, 0.2) is 24.3 Å². The number of halogens is 3. The van der Waals surface area contributed by atoms with Gasteiger partial charge in [0, 0.05) is 0 Å². The summed E-state index contributed by atoms with van der Waals surface area (Å²) in [7, 11) is -4.54. The zero-order valence-corrected chi connectivity index (χ0v) is 8.74. The van der Waals surface area contributed by atoms with Crippen molar-refractivity contribution in [3.8, 4) is 0 Å². The van der Waals surface area contributed by atoms with Gasteiger partial charge in [0.1, 0.15) is 5.78 Å². The molecule has 0 spiro atoms. The molecule has 16 heavy (non-hydrogen) atoms. The van der Waals surface area contributed by atoms with Crippen molar-refractivity contribution in [3.63, 3.8) is 0 Å². The van der Waals surface area contributed by atoms with E-state index < -0.39 is 25.1 Å². The van der Waals surface area contributed by atoms with Crippen LogP contribution in [0.3, 0.4) is 0 Å². The highest BCUT2D eigenvalue weighted by atomic mass is 31.2. The number of alkyl halides is 3. The Morgan fingerprint density at radius 1 is 1.19 bits per heavy atom. The summed E-state index contributed by atoms with van der Waals surface area (Å²) in [6.07, 6.45) is -4.48. The molecule has 0 saturated carbocycles. The molecule has 1 rings (SSSR count). The van der Waals surface area contributed by atoms with Crippen LogP contribution in [0, 0.1) is 0 Å². The third-order valence-electron chi connectivity index (χ3n) is 1.94. The number of benzene rings is 1. The van der Waals surface area contributed by atoms with Crippen molar-refractivity contribution in [2.24, 2.45) is 5.73 Å². The molecule has 0 aliphatic rings. The summed E-state index contributed by atoms with van der Waals surface area (Å²) in [4.78, 5) is 17.5. The van der Waals surface area contributed by atoms with Crippen LogP contribution < -0.4 is 5.73 Å². The summed E-state index contributed by atoms with van der Waals surface area (Å²) in [6, 6.07) is 3.36. The van der Waals surface area contributed by atoms with Crippen LogP contribution in [0.5, 0.6) is 0 Å². The van der Waals surface area contributed by atoms with Crippen LogP contribution in [-0.4, -0.2) is 9.79 Å². The number of nitrogens with two attached hydrogens (primary N) is 1. The monoisotopic (exact) mass is 255 g/mol. The topological polar surface area (TPSA) is 83.6 Å². The highest BCUT2D eigenvalue weighted by molar-refractivity contribution is 7.52. The third-order valence-corrected chi connectivity index (χ3v) is 2.96. The standard InChI is InChI=1S/C8H9F3NO3P/c9-8(10,11)6-3-1-5(2-4-6)7(12)16(13,14)15/h1-4,7H,12H2,(H2,13,14,15)/t7-/m1/s1. The van der Waals surface area contributed by atoms with Gasteiger partial charge in [-0.2, -0.15) is 13.2 Å². The van der Waals surface area contributed by atoms with Gasteiger partial charge in [0.15, 0.2) is 0 Å². The van der Waals surface area contributed by atoms with Gasteiger partial charge < -0.3 is 15.5 Å². The highest BCUT2D eigenvalue weighted by Gasteiger charge is 2.31. The van der Waals surface area contributed by atoms with E-state index in [0.717, 1.165) is 24.3 Å². The minimum atomic E-state index is -4.54. The van der Waals surface area contributed by atoms with Crippen LogP contribution >= 0.6 is 7.60 Å². The lowest BCUT2D eigenvalue weighted by atomic mass is 10.1. The Hall–Kier alpha value is -0.880. The Bertz CT molecular complexity index is 412. The van der Waals surface area contributed by atoms with Crippen LogP contribution in [-0.2, 0) is 10.7 Å². The van der Waals surface area contributed by atoms with Crippen molar-refractivity contribution in [3.05, 3.63) is 35.4 Å². The number of hydrogen-bond acceptors (Lipinski definition) is 2. The van der Waals surface area contributed by atoms with Crippen molar-refractivity contribution in [2.75, 3.05) is 0 Å². The molecule has 0 radical (unpaired) electrons. The van der Waals surface area contributed by atoms with Gasteiger partial charge in [-0.25, -0.2) is 0 Å². The molecular weight excluding hydrogens is 246 g/mol. The number of hydrogen-bond donors (Lipinski definition) is 3. The quantitative estimate of drug-likeness (QED) is 0.704. The van der Waals surface area contributed by atoms with Crippen LogP contribution in [0.1, 0.15) is 16.9 Å². The second kappa shape index (κ2) is 4.18. The molecule has 90 valence electrons. The summed E-state index contributed by atoms with van der Waals surface area (Å²) < 4.78 is 47.3. The Balaban J connectivity index is 3.01. The maximum absolute atomic E-state index is 12.2. The van der Waals surface area contributed by atoms with Gasteiger partial charge in [-0.15, -0.1) is 0 Å². The van der Waals surface area contributed by atoms with E-state index in [4.69, 9.17) is 15.5 Å². The van der Waals surface area contributed by atoms with E-state index in [0.29, 0.717) is 0 Å². The average molecular weight is 255 g/mol. The molecule has 0 bridgehead atoms. The summed E-state index contributed by atoms with van der Waals surface area (Å²) in [5.41, 5.74) is 4.25. The van der Waals surface area contributed by atoms with E-state index in [1.807, 2.05) is 0 Å². The summed E-state index contributed by atoms with van der Waals surface area (Å²) in [5.74, 6) is -1.60. The Labute approximate surface area is 89.0 Å². The van der Waals surface area contributed by atoms with Gasteiger partial charge in [-0.3, -0.25) is 4.57 Å². The fourth-order valence-electron chi connectivity index (χ4n) is 1.06. The molecule has 0 aliphatic heterocycles. The Morgan fingerprint density at radius 2 is 1.62 bits per heavy atom. The third kappa shape index (κ3) is 3.05. The van der Waals surface area contributed by atoms with Gasteiger partial charge in [-0.05, 0) is 17.7 Å². The molecule has 8 heteroatoms. The lowest BCUT2D eigenvalue weighted by molar-refractivity contribution is -0.137. The molecule has 4 nitrogen and oxygen atoms in total. The maximum atomic E-state index is 12.2. The van der Waals surface area contributed by atoms with Gasteiger partial charge >= 0.3 is 13.8 Å².